The lowest BCUT2D eigenvalue weighted by molar-refractivity contribution is 0.0600. The molecule has 0 saturated carbocycles. The quantitative estimate of drug-likeness (QED) is 0.556. The largest absolute Gasteiger partial charge is 0.494 e. The number of esters is 1. The van der Waals surface area contributed by atoms with Crippen LogP contribution in [0.4, 0.5) is 11.4 Å². The molecule has 0 fully saturated rings. The highest BCUT2D eigenvalue weighted by atomic mass is 16.5. The third kappa shape index (κ3) is 5.48. The van der Waals surface area contributed by atoms with Gasteiger partial charge in [-0.05, 0) is 61.5 Å². The van der Waals surface area contributed by atoms with E-state index in [-0.39, 0.29) is 17.0 Å². The molecule has 0 radical (unpaired) electrons. The minimum atomic E-state index is -0.537. The van der Waals surface area contributed by atoms with Crippen LogP contribution in [-0.2, 0) is 4.74 Å². The van der Waals surface area contributed by atoms with Gasteiger partial charge in [0.25, 0.3) is 11.8 Å². The molecule has 0 bridgehead atoms. The summed E-state index contributed by atoms with van der Waals surface area (Å²) >= 11 is 0. The van der Waals surface area contributed by atoms with Gasteiger partial charge in [-0.1, -0.05) is 18.2 Å². The average Bonchev–Trinajstić information content (AvgIpc) is 2.80. The van der Waals surface area contributed by atoms with E-state index in [2.05, 4.69) is 15.4 Å². The highest BCUT2D eigenvalue weighted by Gasteiger charge is 2.16. The molecule has 0 spiro atoms. The molecule has 0 aromatic heterocycles. The molecule has 0 saturated heterocycles. The first-order valence-corrected chi connectivity index (χ1v) is 9.64. The predicted molar refractivity (Wildman–Crippen MR) is 118 cm³/mol. The van der Waals surface area contributed by atoms with Gasteiger partial charge in [-0.2, -0.15) is 0 Å². The maximum atomic E-state index is 12.8. The van der Waals surface area contributed by atoms with Crippen LogP contribution in [0.2, 0.25) is 0 Å². The van der Waals surface area contributed by atoms with Gasteiger partial charge in [-0.25, -0.2) is 4.79 Å². The second kappa shape index (κ2) is 10.1. The van der Waals surface area contributed by atoms with Gasteiger partial charge in [0.05, 0.1) is 30.5 Å². The van der Waals surface area contributed by atoms with E-state index in [1.165, 1.54) is 13.2 Å². The zero-order valence-corrected chi connectivity index (χ0v) is 17.2. The first kappa shape index (κ1) is 21.6. The van der Waals surface area contributed by atoms with Gasteiger partial charge in [-0.15, -0.1) is 0 Å². The number of benzene rings is 3. The number of nitrogens with one attached hydrogen (secondary N) is 2. The highest BCUT2D eigenvalue weighted by molar-refractivity contribution is 6.12. The van der Waals surface area contributed by atoms with E-state index in [0.717, 1.165) is 0 Å². The predicted octanol–water partition coefficient (Wildman–Crippen LogP) is 4.38. The molecule has 0 aliphatic heterocycles. The minimum Gasteiger partial charge on any atom is -0.494 e. The number of methoxy groups -OCH3 is 1. The van der Waals surface area contributed by atoms with Gasteiger partial charge < -0.3 is 20.1 Å². The van der Waals surface area contributed by atoms with E-state index in [0.29, 0.717) is 29.3 Å². The van der Waals surface area contributed by atoms with Crippen molar-refractivity contribution in [3.8, 4) is 5.75 Å². The average molecular weight is 418 g/mol. The molecule has 3 aromatic rings. The van der Waals surface area contributed by atoms with Gasteiger partial charge >= 0.3 is 5.97 Å². The van der Waals surface area contributed by atoms with E-state index in [4.69, 9.17) is 4.74 Å². The Hall–Kier alpha value is -4.13. The molecule has 2 amide bonds. The number of rotatable bonds is 7. The van der Waals surface area contributed by atoms with Crippen molar-refractivity contribution in [2.24, 2.45) is 0 Å². The van der Waals surface area contributed by atoms with E-state index >= 15 is 0 Å². The van der Waals surface area contributed by atoms with E-state index in [1.54, 1.807) is 66.7 Å². The Morgan fingerprint density at radius 1 is 0.806 bits per heavy atom. The van der Waals surface area contributed by atoms with Crippen molar-refractivity contribution < 1.29 is 23.9 Å². The third-order valence-electron chi connectivity index (χ3n) is 4.39. The summed E-state index contributed by atoms with van der Waals surface area (Å²) in [7, 11) is 1.27. The molecule has 0 atom stereocenters. The Kier molecular flexibility index (Phi) is 7.01. The lowest BCUT2D eigenvalue weighted by Gasteiger charge is -2.12. The normalized spacial score (nSPS) is 10.1. The second-order valence-electron chi connectivity index (χ2n) is 6.48. The van der Waals surface area contributed by atoms with Crippen LogP contribution in [0.3, 0.4) is 0 Å². The summed E-state index contributed by atoms with van der Waals surface area (Å²) in [6.45, 7) is 2.45. The van der Waals surface area contributed by atoms with E-state index in [9.17, 15) is 14.4 Å². The fraction of sp³-hybridized carbons (Fsp3) is 0.125. The molecule has 158 valence electrons. The third-order valence-corrected chi connectivity index (χ3v) is 4.39. The highest BCUT2D eigenvalue weighted by Crippen LogP contribution is 2.20. The fourth-order valence-corrected chi connectivity index (χ4v) is 2.89. The Morgan fingerprint density at radius 2 is 1.52 bits per heavy atom. The van der Waals surface area contributed by atoms with Crippen LogP contribution in [-0.4, -0.2) is 31.5 Å². The fourth-order valence-electron chi connectivity index (χ4n) is 2.89. The zero-order chi connectivity index (χ0) is 22.2. The number of amides is 2. The van der Waals surface area contributed by atoms with Crippen molar-refractivity contribution in [3.05, 3.63) is 89.5 Å². The van der Waals surface area contributed by atoms with Crippen molar-refractivity contribution in [3.63, 3.8) is 0 Å². The van der Waals surface area contributed by atoms with E-state index in [1.807, 2.05) is 6.92 Å². The van der Waals surface area contributed by atoms with Crippen molar-refractivity contribution in [1.82, 2.24) is 0 Å². The number of ether oxygens (including phenoxy) is 2. The summed E-state index contributed by atoms with van der Waals surface area (Å²) in [4.78, 5) is 37.2. The molecular weight excluding hydrogens is 396 g/mol. The number of para-hydroxylation sites is 1. The summed E-state index contributed by atoms with van der Waals surface area (Å²) in [5, 5.41) is 5.54. The van der Waals surface area contributed by atoms with Crippen LogP contribution >= 0.6 is 0 Å². The number of carbonyl (C=O) groups excluding carboxylic acids is 3. The standard InChI is InChI=1S/C24H22N2O5/c1-3-31-19-13-11-18(12-14-19)25-23(28)20-9-4-5-10-21(20)26-22(27)16-7-6-8-17(15-16)24(29)30-2/h4-15H,3H2,1-2H3,(H,25,28)(H,26,27). The Morgan fingerprint density at radius 3 is 2.23 bits per heavy atom. The molecule has 31 heavy (non-hydrogen) atoms. The van der Waals surface area contributed by atoms with Crippen LogP contribution in [0, 0.1) is 0 Å². The first-order valence-electron chi connectivity index (χ1n) is 9.64. The smallest absolute Gasteiger partial charge is 0.337 e. The molecule has 3 aromatic carbocycles. The Balaban J connectivity index is 1.76. The summed E-state index contributed by atoms with van der Waals surface area (Å²) in [6.07, 6.45) is 0. The van der Waals surface area contributed by atoms with Crippen LogP contribution in [0.15, 0.2) is 72.8 Å². The molecule has 7 heteroatoms. The SMILES string of the molecule is CCOc1ccc(NC(=O)c2ccccc2NC(=O)c2cccc(C(=O)OC)c2)cc1. The topological polar surface area (TPSA) is 93.7 Å². The maximum Gasteiger partial charge on any atom is 0.337 e. The number of anilines is 2. The molecule has 0 heterocycles. The zero-order valence-electron chi connectivity index (χ0n) is 17.2. The summed E-state index contributed by atoms with van der Waals surface area (Å²) < 4.78 is 10.1. The van der Waals surface area contributed by atoms with Gasteiger partial charge in [0, 0.05) is 11.3 Å². The molecule has 0 unspecified atom stereocenters. The van der Waals surface area contributed by atoms with Crippen molar-refractivity contribution in [2.75, 3.05) is 24.4 Å². The molecule has 3 rings (SSSR count). The van der Waals surface area contributed by atoms with Crippen LogP contribution in [0.1, 0.15) is 38.0 Å². The molecule has 2 N–H and O–H groups in total. The van der Waals surface area contributed by atoms with Crippen LogP contribution in [0.25, 0.3) is 0 Å². The van der Waals surface area contributed by atoms with Gasteiger partial charge in [0.15, 0.2) is 0 Å². The van der Waals surface area contributed by atoms with Crippen molar-refractivity contribution in [2.45, 2.75) is 6.92 Å². The second-order valence-corrected chi connectivity index (χ2v) is 6.48. The maximum absolute atomic E-state index is 12.8. The Bertz CT molecular complexity index is 1090. The molecule has 7 nitrogen and oxygen atoms in total. The molecule has 0 aliphatic carbocycles. The number of carbonyl (C=O) groups is 3. The van der Waals surface area contributed by atoms with Gasteiger partial charge in [-0.3, -0.25) is 9.59 Å². The summed E-state index contributed by atoms with van der Waals surface area (Å²) in [6, 6.07) is 19.8. The van der Waals surface area contributed by atoms with E-state index < -0.39 is 11.9 Å². The number of hydrogen-bond donors (Lipinski definition) is 2. The summed E-state index contributed by atoms with van der Waals surface area (Å²) in [5.74, 6) is -0.650. The van der Waals surface area contributed by atoms with Crippen molar-refractivity contribution in [1.29, 1.82) is 0 Å². The van der Waals surface area contributed by atoms with Crippen LogP contribution < -0.4 is 15.4 Å². The monoisotopic (exact) mass is 418 g/mol. The van der Waals surface area contributed by atoms with Gasteiger partial charge in [0.2, 0.25) is 0 Å². The Labute approximate surface area is 180 Å². The van der Waals surface area contributed by atoms with Gasteiger partial charge in [0.1, 0.15) is 5.75 Å². The molecular formula is C24H22N2O5. The first-order chi connectivity index (χ1) is 15.0. The van der Waals surface area contributed by atoms with Crippen LogP contribution in [0.5, 0.6) is 5.75 Å². The lowest BCUT2D eigenvalue weighted by atomic mass is 10.1. The number of hydrogen-bond acceptors (Lipinski definition) is 5. The molecule has 0 aliphatic rings. The summed E-state index contributed by atoms with van der Waals surface area (Å²) in [5.41, 5.74) is 1.77. The lowest BCUT2D eigenvalue weighted by Crippen LogP contribution is -2.18. The minimum absolute atomic E-state index is 0.261. The van der Waals surface area contributed by atoms with Crippen molar-refractivity contribution >= 4 is 29.2 Å².